The van der Waals surface area contributed by atoms with Crippen LogP contribution in [0.15, 0.2) is 65.9 Å². The molecule has 2 aromatic carbocycles. The van der Waals surface area contributed by atoms with Crippen molar-refractivity contribution in [2.24, 2.45) is 5.92 Å². The molecule has 2 aromatic rings. The number of aliphatic hydroxyl groups is 1. The van der Waals surface area contributed by atoms with Crippen LogP contribution in [0.1, 0.15) is 49.2 Å². The molecule has 1 unspecified atom stereocenters. The lowest BCUT2D eigenvalue weighted by molar-refractivity contribution is -0.119. The zero-order chi connectivity index (χ0) is 21.8. The summed E-state index contributed by atoms with van der Waals surface area (Å²) in [5.41, 5.74) is 1.64. The quantitative estimate of drug-likeness (QED) is 0.689. The number of ketones is 1. The van der Waals surface area contributed by atoms with Gasteiger partial charge in [0.15, 0.2) is 11.5 Å². The van der Waals surface area contributed by atoms with E-state index >= 15 is 0 Å². The third-order valence-electron chi connectivity index (χ3n) is 4.93. The van der Waals surface area contributed by atoms with Gasteiger partial charge in [-0.05, 0) is 36.2 Å². The fourth-order valence-corrected chi connectivity index (χ4v) is 3.42. The zero-order valence-electron chi connectivity index (χ0n) is 17.3. The first kappa shape index (κ1) is 21.3. The van der Waals surface area contributed by atoms with Crippen LogP contribution < -0.4 is 4.90 Å². The van der Waals surface area contributed by atoms with E-state index in [0.717, 1.165) is 6.42 Å². The van der Waals surface area contributed by atoms with E-state index in [0.29, 0.717) is 23.4 Å². The molecular formula is C24H25NO5. The highest BCUT2D eigenvalue weighted by molar-refractivity contribution is 6.16. The van der Waals surface area contributed by atoms with E-state index in [4.69, 9.17) is 4.74 Å². The summed E-state index contributed by atoms with van der Waals surface area (Å²) in [6, 6.07) is 14.7. The van der Waals surface area contributed by atoms with Gasteiger partial charge in [-0.1, -0.05) is 51.1 Å². The highest BCUT2D eigenvalue weighted by atomic mass is 16.5. The molecule has 0 aromatic heterocycles. The molecule has 0 saturated carbocycles. The monoisotopic (exact) mass is 407 g/mol. The molecule has 1 N–H and O–H groups in total. The fourth-order valence-electron chi connectivity index (χ4n) is 3.42. The average molecular weight is 407 g/mol. The number of hydrogen-bond donors (Lipinski definition) is 1. The van der Waals surface area contributed by atoms with Gasteiger partial charge in [0.1, 0.15) is 0 Å². The number of hydrogen-bond acceptors (Lipinski definition) is 5. The van der Waals surface area contributed by atoms with E-state index in [-0.39, 0.29) is 17.3 Å². The summed E-state index contributed by atoms with van der Waals surface area (Å²) in [7, 11) is 0. The van der Waals surface area contributed by atoms with Crippen LogP contribution in [0.4, 0.5) is 5.69 Å². The summed E-state index contributed by atoms with van der Waals surface area (Å²) in [5.74, 6) is -2.27. The van der Waals surface area contributed by atoms with Gasteiger partial charge < -0.3 is 9.84 Å². The predicted octanol–water partition coefficient (Wildman–Crippen LogP) is 4.38. The summed E-state index contributed by atoms with van der Waals surface area (Å²) in [6.07, 6.45) is 0.725. The van der Waals surface area contributed by atoms with E-state index in [2.05, 4.69) is 0 Å². The minimum atomic E-state index is -0.744. The maximum atomic E-state index is 13.0. The molecule has 6 nitrogen and oxygen atoms in total. The number of esters is 1. The number of anilines is 1. The van der Waals surface area contributed by atoms with Gasteiger partial charge >= 0.3 is 5.97 Å². The van der Waals surface area contributed by atoms with Crippen molar-refractivity contribution in [1.82, 2.24) is 0 Å². The molecule has 0 aliphatic carbocycles. The normalized spacial score (nSPS) is 16.3. The second-order valence-electron chi connectivity index (χ2n) is 7.45. The average Bonchev–Trinajstić information content (AvgIpc) is 3.02. The maximum Gasteiger partial charge on any atom is 0.338 e. The number of benzene rings is 2. The van der Waals surface area contributed by atoms with Crippen LogP contribution in [0, 0.1) is 5.92 Å². The van der Waals surface area contributed by atoms with Crippen LogP contribution in [0.5, 0.6) is 0 Å². The smallest absolute Gasteiger partial charge is 0.338 e. The summed E-state index contributed by atoms with van der Waals surface area (Å²) in [6.45, 7) is 5.71. The van der Waals surface area contributed by atoms with Crippen molar-refractivity contribution in [2.75, 3.05) is 11.5 Å². The van der Waals surface area contributed by atoms with E-state index in [1.54, 1.807) is 38.1 Å². The van der Waals surface area contributed by atoms with Crippen molar-refractivity contribution in [3.63, 3.8) is 0 Å². The van der Waals surface area contributed by atoms with Gasteiger partial charge in [0.05, 0.1) is 23.8 Å². The van der Waals surface area contributed by atoms with Crippen LogP contribution in [0.2, 0.25) is 0 Å². The van der Waals surface area contributed by atoms with Crippen LogP contribution in [-0.4, -0.2) is 29.4 Å². The Morgan fingerprint density at radius 2 is 1.70 bits per heavy atom. The molecule has 0 spiro atoms. The third kappa shape index (κ3) is 3.99. The number of amides is 1. The van der Waals surface area contributed by atoms with Crippen LogP contribution in [0.3, 0.4) is 0 Å². The molecule has 30 heavy (non-hydrogen) atoms. The number of carbonyl (C=O) groups excluding carboxylic acids is 3. The van der Waals surface area contributed by atoms with Crippen LogP contribution >= 0.6 is 0 Å². The lowest BCUT2D eigenvalue weighted by Gasteiger charge is -2.27. The Morgan fingerprint density at radius 3 is 2.27 bits per heavy atom. The lowest BCUT2D eigenvalue weighted by Crippen LogP contribution is -2.31. The van der Waals surface area contributed by atoms with Gasteiger partial charge in [-0.2, -0.15) is 0 Å². The van der Waals surface area contributed by atoms with Gasteiger partial charge in [0.25, 0.3) is 5.91 Å². The topological polar surface area (TPSA) is 83.9 Å². The maximum absolute atomic E-state index is 13.0. The second-order valence-corrected chi connectivity index (χ2v) is 7.45. The number of ether oxygens (including phenoxy) is 1. The van der Waals surface area contributed by atoms with Crippen molar-refractivity contribution in [1.29, 1.82) is 0 Å². The highest BCUT2D eigenvalue weighted by Crippen LogP contribution is 2.41. The molecule has 1 aliphatic rings. The van der Waals surface area contributed by atoms with Crippen molar-refractivity contribution in [2.45, 2.75) is 33.2 Å². The Hall–Kier alpha value is -3.41. The largest absolute Gasteiger partial charge is 0.503 e. The van der Waals surface area contributed by atoms with Crippen molar-refractivity contribution in [3.8, 4) is 0 Å². The van der Waals surface area contributed by atoms with Crippen LogP contribution in [0.25, 0.3) is 0 Å². The minimum Gasteiger partial charge on any atom is -0.503 e. The summed E-state index contributed by atoms with van der Waals surface area (Å²) < 4.78 is 5.13. The SMILES string of the molecule is CCCOC(=O)c1ccc(N2C(=O)C(O)=C(C(=O)C(C)C)C2c2ccccc2)cc1. The first-order valence-electron chi connectivity index (χ1n) is 9.99. The summed E-state index contributed by atoms with van der Waals surface area (Å²) in [5, 5.41) is 10.6. The van der Waals surface area contributed by atoms with Gasteiger partial charge in [-0.3, -0.25) is 14.5 Å². The number of nitrogens with zero attached hydrogens (tertiary/aromatic N) is 1. The summed E-state index contributed by atoms with van der Waals surface area (Å²) in [4.78, 5) is 39.3. The molecular weight excluding hydrogens is 382 g/mol. The standard InChI is InChI=1S/C24H25NO5/c1-4-14-30-24(29)17-10-12-18(13-11-17)25-20(16-8-6-5-7-9-16)19(21(26)15(2)3)22(27)23(25)28/h5-13,15,20,27H,4,14H2,1-3H3. The van der Waals surface area contributed by atoms with Crippen molar-refractivity contribution >= 4 is 23.3 Å². The van der Waals surface area contributed by atoms with Gasteiger partial charge in [0, 0.05) is 11.6 Å². The molecule has 0 fully saturated rings. The minimum absolute atomic E-state index is 0.0904. The van der Waals surface area contributed by atoms with Gasteiger partial charge in [0.2, 0.25) is 0 Å². The second kappa shape index (κ2) is 8.95. The molecule has 1 aliphatic heterocycles. The Balaban J connectivity index is 2.02. The van der Waals surface area contributed by atoms with E-state index < -0.39 is 23.7 Å². The number of aliphatic hydroxyl groups excluding tert-OH is 1. The predicted molar refractivity (Wildman–Crippen MR) is 113 cm³/mol. The third-order valence-corrected chi connectivity index (χ3v) is 4.93. The zero-order valence-corrected chi connectivity index (χ0v) is 17.3. The summed E-state index contributed by atoms with van der Waals surface area (Å²) >= 11 is 0. The van der Waals surface area contributed by atoms with Gasteiger partial charge in [-0.15, -0.1) is 0 Å². The molecule has 6 heteroatoms. The Labute approximate surface area is 175 Å². The number of rotatable bonds is 7. The Kier molecular flexibility index (Phi) is 6.35. The molecule has 1 heterocycles. The van der Waals surface area contributed by atoms with Gasteiger partial charge in [-0.25, -0.2) is 4.79 Å². The highest BCUT2D eigenvalue weighted by Gasteiger charge is 2.44. The first-order valence-corrected chi connectivity index (χ1v) is 9.99. The fraction of sp³-hybridized carbons (Fsp3) is 0.292. The Morgan fingerprint density at radius 1 is 1.07 bits per heavy atom. The number of Topliss-reactive ketones (excluding diaryl/α,β-unsaturated/α-hetero) is 1. The Bertz CT molecular complexity index is 976. The lowest BCUT2D eigenvalue weighted by atomic mass is 9.91. The molecule has 0 saturated heterocycles. The first-order chi connectivity index (χ1) is 14.4. The molecule has 1 atom stereocenters. The van der Waals surface area contributed by atoms with Crippen molar-refractivity contribution < 1.29 is 24.2 Å². The van der Waals surface area contributed by atoms with E-state index in [9.17, 15) is 19.5 Å². The molecule has 156 valence electrons. The number of carbonyl (C=O) groups is 3. The molecule has 1 amide bonds. The van der Waals surface area contributed by atoms with Crippen molar-refractivity contribution in [3.05, 3.63) is 77.1 Å². The van der Waals surface area contributed by atoms with Crippen LogP contribution in [-0.2, 0) is 14.3 Å². The molecule has 0 bridgehead atoms. The van der Waals surface area contributed by atoms with E-state index in [1.165, 1.54) is 4.90 Å². The molecule has 3 rings (SSSR count). The molecule has 0 radical (unpaired) electrons. The van der Waals surface area contributed by atoms with E-state index in [1.807, 2.05) is 37.3 Å².